The molecule has 1 aliphatic heterocycles. The van der Waals surface area contributed by atoms with Crippen molar-refractivity contribution in [2.24, 2.45) is 0 Å². The quantitative estimate of drug-likeness (QED) is 0.931. The molecule has 6 heteroatoms. The number of aromatic amines is 1. The molecule has 1 saturated heterocycles. The molecule has 0 unspecified atom stereocenters. The second-order valence-electron chi connectivity index (χ2n) is 6.30. The molecule has 0 bridgehead atoms. The lowest BCUT2D eigenvalue weighted by atomic mass is 10.0. The van der Waals surface area contributed by atoms with Crippen LogP contribution in [0.2, 0.25) is 0 Å². The smallest absolute Gasteiger partial charge is 0.270 e. The number of benzene rings is 1. The van der Waals surface area contributed by atoms with E-state index in [-0.39, 0.29) is 11.8 Å². The summed E-state index contributed by atoms with van der Waals surface area (Å²) in [5.74, 6) is 0.519. The van der Waals surface area contributed by atoms with Gasteiger partial charge >= 0.3 is 0 Å². The van der Waals surface area contributed by atoms with Crippen molar-refractivity contribution in [3.8, 4) is 5.75 Å². The molecule has 2 amide bonds. The van der Waals surface area contributed by atoms with Gasteiger partial charge in [-0.15, -0.1) is 0 Å². The number of hydrogen-bond acceptors (Lipinski definition) is 3. The monoisotopic (exact) mass is 341 g/mol. The first-order chi connectivity index (χ1) is 12.0. The zero-order valence-electron chi connectivity index (χ0n) is 14.8. The molecule has 2 aromatic rings. The average Bonchev–Trinajstić information content (AvgIpc) is 3.17. The Hall–Kier alpha value is -2.76. The van der Waals surface area contributed by atoms with Crippen LogP contribution in [0.1, 0.15) is 32.0 Å². The van der Waals surface area contributed by atoms with E-state index in [1.807, 2.05) is 26.0 Å². The standard InChI is InChI=1S/C19H23N3O3/c1-13-11-15(17(25-3)12-14(13)2)18(23)21-7-9-22(10-8-21)19(24)16-5-4-6-20-16/h4-6,11-12,20H,7-10H2,1-3H3. The first kappa shape index (κ1) is 17.1. The van der Waals surface area contributed by atoms with Crippen molar-refractivity contribution in [3.63, 3.8) is 0 Å². The topological polar surface area (TPSA) is 65.6 Å². The largest absolute Gasteiger partial charge is 0.496 e. The highest BCUT2D eigenvalue weighted by molar-refractivity contribution is 5.98. The Morgan fingerprint density at radius 3 is 2.16 bits per heavy atom. The van der Waals surface area contributed by atoms with Gasteiger partial charge in [-0.05, 0) is 49.2 Å². The molecule has 6 nitrogen and oxygen atoms in total. The van der Waals surface area contributed by atoms with Crippen LogP contribution in [0.3, 0.4) is 0 Å². The van der Waals surface area contributed by atoms with Gasteiger partial charge in [-0.25, -0.2) is 0 Å². The number of aryl methyl sites for hydroxylation is 2. The third-order valence-corrected chi connectivity index (χ3v) is 4.73. The van der Waals surface area contributed by atoms with E-state index in [4.69, 9.17) is 4.74 Å². The minimum atomic E-state index is -0.0491. The van der Waals surface area contributed by atoms with E-state index in [9.17, 15) is 9.59 Å². The van der Waals surface area contributed by atoms with Gasteiger partial charge < -0.3 is 19.5 Å². The summed E-state index contributed by atoms with van der Waals surface area (Å²) >= 11 is 0. The molecule has 1 fully saturated rings. The van der Waals surface area contributed by atoms with Gasteiger partial charge in [-0.1, -0.05) is 0 Å². The zero-order valence-corrected chi connectivity index (χ0v) is 14.8. The van der Waals surface area contributed by atoms with E-state index < -0.39 is 0 Å². The lowest BCUT2D eigenvalue weighted by Crippen LogP contribution is -2.50. The zero-order chi connectivity index (χ0) is 18.0. The minimum Gasteiger partial charge on any atom is -0.496 e. The average molecular weight is 341 g/mol. The van der Waals surface area contributed by atoms with E-state index in [0.29, 0.717) is 43.2 Å². The van der Waals surface area contributed by atoms with Crippen LogP contribution >= 0.6 is 0 Å². The Labute approximate surface area is 147 Å². The first-order valence-corrected chi connectivity index (χ1v) is 8.38. The Bertz CT molecular complexity index is 775. The van der Waals surface area contributed by atoms with E-state index >= 15 is 0 Å². The molecule has 0 saturated carbocycles. The van der Waals surface area contributed by atoms with Crippen LogP contribution < -0.4 is 4.74 Å². The van der Waals surface area contributed by atoms with Crippen LogP contribution in [0.4, 0.5) is 0 Å². The van der Waals surface area contributed by atoms with Crippen LogP contribution in [0, 0.1) is 13.8 Å². The highest BCUT2D eigenvalue weighted by atomic mass is 16.5. The van der Waals surface area contributed by atoms with Gasteiger partial charge in [0.25, 0.3) is 11.8 Å². The van der Waals surface area contributed by atoms with Crippen LogP contribution in [0.15, 0.2) is 30.5 Å². The molecule has 0 aliphatic carbocycles. The molecule has 132 valence electrons. The summed E-state index contributed by atoms with van der Waals surface area (Å²) in [6.45, 7) is 6.06. The van der Waals surface area contributed by atoms with Crippen molar-refractivity contribution in [2.75, 3.05) is 33.3 Å². The van der Waals surface area contributed by atoms with Crippen molar-refractivity contribution in [1.29, 1.82) is 0 Å². The number of ether oxygens (including phenoxy) is 1. The van der Waals surface area contributed by atoms with Gasteiger partial charge in [0.2, 0.25) is 0 Å². The molecule has 3 rings (SSSR count). The Morgan fingerprint density at radius 1 is 1.00 bits per heavy atom. The molecule has 0 spiro atoms. The fraction of sp³-hybridized carbons (Fsp3) is 0.368. The summed E-state index contributed by atoms with van der Waals surface area (Å²) < 4.78 is 5.39. The van der Waals surface area contributed by atoms with Crippen LogP contribution in [0.5, 0.6) is 5.75 Å². The predicted molar refractivity (Wildman–Crippen MR) is 95.1 cm³/mol. The van der Waals surface area contributed by atoms with Gasteiger partial charge in [0.05, 0.1) is 12.7 Å². The number of hydrogen-bond donors (Lipinski definition) is 1. The molecule has 1 aromatic carbocycles. The van der Waals surface area contributed by atoms with Gasteiger partial charge in [0.1, 0.15) is 11.4 Å². The molecule has 1 N–H and O–H groups in total. The summed E-state index contributed by atoms with van der Waals surface area (Å²) in [5.41, 5.74) is 3.31. The molecule has 0 atom stereocenters. The number of carbonyl (C=O) groups excluding carboxylic acids is 2. The maximum absolute atomic E-state index is 12.9. The molecule has 0 radical (unpaired) electrons. The molecule has 2 heterocycles. The highest BCUT2D eigenvalue weighted by Gasteiger charge is 2.27. The second-order valence-corrected chi connectivity index (χ2v) is 6.30. The van der Waals surface area contributed by atoms with E-state index in [1.54, 1.807) is 35.2 Å². The fourth-order valence-corrected chi connectivity index (χ4v) is 3.04. The molecule has 25 heavy (non-hydrogen) atoms. The van der Waals surface area contributed by atoms with Gasteiger partial charge in [-0.2, -0.15) is 0 Å². The van der Waals surface area contributed by atoms with Crippen molar-refractivity contribution in [1.82, 2.24) is 14.8 Å². The Balaban J connectivity index is 1.70. The second kappa shape index (κ2) is 7.01. The van der Waals surface area contributed by atoms with Crippen molar-refractivity contribution in [2.45, 2.75) is 13.8 Å². The molecule has 1 aromatic heterocycles. The lowest BCUT2D eigenvalue weighted by molar-refractivity contribution is 0.0531. The number of amides is 2. The predicted octanol–water partition coefficient (Wildman–Crippen LogP) is 2.24. The van der Waals surface area contributed by atoms with E-state index in [0.717, 1.165) is 11.1 Å². The number of piperazine rings is 1. The summed E-state index contributed by atoms with van der Waals surface area (Å²) in [6, 6.07) is 7.35. The van der Waals surface area contributed by atoms with Crippen molar-refractivity contribution in [3.05, 3.63) is 52.8 Å². The summed E-state index contributed by atoms with van der Waals surface area (Å²) in [7, 11) is 1.58. The molecular formula is C19H23N3O3. The number of methoxy groups -OCH3 is 1. The number of nitrogens with one attached hydrogen (secondary N) is 1. The fourth-order valence-electron chi connectivity index (χ4n) is 3.04. The summed E-state index contributed by atoms with van der Waals surface area (Å²) in [6.07, 6.45) is 1.74. The number of nitrogens with zero attached hydrogens (tertiary/aromatic N) is 2. The SMILES string of the molecule is COc1cc(C)c(C)cc1C(=O)N1CCN(C(=O)c2ccc[nH]2)CC1. The van der Waals surface area contributed by atoms with Crippen LogP contribution in [-0.4, -0.2) is 59.9 Å². The van der Waals surface area contributed by atoms with Crippen LogP contribution in [-0.2, 0) is 0 Å². The lowest BCUT2D eigenvalue weighted by Gasteiger charge is -2.34. The normalized spacial score (nSPS) is 14.5. The molecule has 1 aliphatic rings. The van der Waals surface area contributed by atoms with Gasteiger partial charge in [0.15, 0.2) is 0 Å². The maximum Gasteiger partial charge on any atom is 0.270 e. The minimum absolute atomic E-state index is 0.0270. The highest BCUT2D eigenvalue weighted by Crippen LogP contribution is 2.25. The summed E-state index contributed by atoms with van der Waals surface area (Å²) in [5, 5.41) is 0. The van der Waals surface area contributed by atoms with Crippen molar-refractivity contribution < 1.29 is 14.3 Å². The number of aromatic nitrogens is 1. The van der Waals surface area contributed by atoms with Crippen molar-refractivity contribution >= 4 is 11.8 Å². The number of rotatable bonds is 3. The van der Waals surface area contributed by atoms with Gasteiger partial charge in [-0.3, -0.25) is 9.59 Å². The Kier molecular flexibility index (Phi) is 4.79. The van der Waals surface area contributed by atoms with Gasteiger partial charge in [0, 0.05) is 32.4 Å². The number of H-pyrrole nitrogens is 1. The third-order valence-electron chi connectivity index (χ3n) is 4.73. The van der Waals surface area contributed by atoms with E-state index in [2.05, 4.69) is 4.98 Å². The maximum atomic E-state index is 12.9. The number of carbonyl (C=O) groups is 2. The first-order valence-electron chi connectivity index (χ1n) is 8.38. The Morgan fingerprint density at radius 2 is 1.60 bits per heavy atom. The van der Waals surface area contributed by atoms with E-state index in [1.165, 1.54) is 0 Å². The third kappa shape index (κ3) is 3.38. The van der Waals surface area contributed by atoms with Crippen LogP contribution in [0.25, 0.3) is 0 Å². The molecular weight excluding hydrogens is 318 g/mol. The summed E-state index contributed by atoms with van der Waals surface area (Å²) in [4.78, 5) is 31.7.